The number of phosphoric acid groups is 2. The van der Waals surface area contributed by atoms with Crippen molar-refractivity contribution < 1.29 is 56.7 Å². The zero-order valence-electron chi connectivity index (χ0n) is 22.4. The number of anilines is 2. The summed E-state index contributed by atoms with van der Waals surface area (Å²) in [6.45, 7) is -1.65. The van der Waals surface area contributed by atoms with Crippen molar-refractivity contribution in [1.82, 2.24) is 39.0 Å². The summed E-state index contributed by atoms with van der Waals surface area (Å²) in [5, 5.41) is 22.1. The summed E-state index contributed by atoms with van der Waals surface area (Å²) < 4.78 is 61.0. The van der Waals surface area contributed by atoms with E-state index in [0.29, 0.717) is 0 Å². The van der Waals surface area contributed by atoms with Gasteiger partial charge >= 0.3 is 15.6 Å². The van der Waals surface area contributed by atoms with Gasteiger partial charge in [0.2, 0.25) is 5.95 Å². The summed E-state index contributed by atoms with van der Waals surface area (Å²) >= 11 is 0. The number of aromatic amines is 1. The number of rotatable bonds is 2. The number of nitrogen functional groups attached to an aromatic ring is 2. The molecule has 3 saturated heterocycles. The lowest BCUT2D eigenvalue weighted by molar-refractivity contribution is -0.0672. The largest absolute Gasteiger partial charge is 0.472 e. The maximum absolute atomic E-state index is 13.2. The second kappa shape index (κ2) is 10.8. The second-order valence-electron chi connectivity index (χ2n) is 10.1. The van der Waals surface area contributed by atoms with Crippen LogP contribution in [0.5, 0.6) is 0 Å². The van der Waals surface area contributed by atoms with Crippen molar-refractivity contribution >= 4 is 49.7 Å². The molecule has 242 valence electrons. The molecule has 4 aromatic heterocycles. The molecule has 0 amide bonds. The Hall–Kier alpha value is -3.44. The number of imidazole rings is 2. The normalized spacial score (nSPS) is 37.7. The minimum Gasteiger partial charge on any atom is -0.387 e. The van der Waals surface area contributed by atoms with Gasteiger partial charge in [0.1, 0.15) is 48.5 Å². The first kappa shape index (κ1) is 30.2. The number of fused-ring (bicyclic) bond motifs is 5. The lowest BCUT2D eigenvalue weighted by atomic mass is 10.1. The Morgan fingerprint density at radius 1 is 0.822 bits per heavy atom. The van der Waals surface area contributed by atoms with Crippen molar-refractivity contribution in [2.75, 3.05) is 24.7 Å². The zero-order valence-corrected chi connectivity index (χ0v) is 24.2. The molecule has 7 heterocycles. The third kappa shape index (κ3) is 5.31. The van der Waals surface area contributed by atoms with E-state index in [-0.39, 0.29) is 34.1 Å². The van der Waals surface area contributed by atoms with E-state index in [0.717, 1.165) is 17.2 Å². The first-order valence-electron chi connectivity index (χ1n) is 13.0. The fourth-order valence-corrected chi connectivity index (χ4v) is 7.19. The monoisotopic (exact) mass is 674 g/mol. The molecule has 7 rings (SSSR count). The van der Waals surface area contributed by atoms with E-state index in [2.05, 4.69) is 29.9 Å². The number of nitrogens with zero attached hydrogens (tertiary/aromatic N) is 7. The molecule has 0 radical (unpaired) electrons. The average Bonchev–Trinajstić information content (AvgIpc) is 3.72. The van der Waals surface area contributed by atoms with Gasteiger partial charge in [0.15, 0.2) is 35.1 Å². The standard InChI is InChI=1S/C20H24N10O13P2/c21-14-8-15(24-3-23-14)29(4-25-8)18-11(32)12-7(41-18)2-39-45(36,37)43-13-10(31)6(1-38-44(34,35)42-12)40-19(13)30-5-26-9-16(30)27-20(22)28-17(9)33/h3-7,10-13,18-19,31-32H,1-2H2,(H,34,35)(H,36,37)(H2,21,23,24)(H3,22,27,28,33)/t6-,7-,10?,11-,12-,13-,18?,19?/m1/s1. The Labute approximate surface area is 248 Å². The van der Waals surface area contributed by atoms with Gasteiger partial charge in [0.25, 0.3) is 5.56 Å². The van der Waals surface area contributed by atoms with Crippen LogP contribution in [0.15, 0.2) is 23.8 Å². The predicted molar refractivity (Wildman–Crippen MR) is 143 cm³/mol. The van der Waals surface area contributed by atoms with Crippen LogP contribution in [0.25, 0.3) is 22.3 Å². The smallest absolute Gasteiger partial charge is 0.387 e. The topological polar surface area (TPSA) is 330 Å². The van der Waals surface area contributed by atoms with Gasteiger partial charge in [-0.1, -0.05) is 0 Å². The third-order valence-corrected chi connectivity index (χ3v) is 9.29. The molecule has 3 aliphatic rings. The molecule has 25 heteroatoms. The average molecular weight is 674 g/mol. The van der Waals surface area contributed by atoms with Crippen molar-refractivity contribution in [1.29, 1.82) is 0 Å². The molecule has 0 saturated carbocycles. The molecule has 3 fully saturated rings. The molecule has 2 bridgehead atoms. The van der Waals surface area contributed by atoms with Crippen molar-refractivity contribution in [3.05, 3.63) is 29.3 Å². The van der Waals surface area contributed by atoms with Gasteiger partial charge in [-0.3, -0.25) is 37.0 Å². The highest BCUT2D eigenvalue weighted by molar-refractivity contribution is 7.47. The predicted octanol–water partition coefficient (Wildman–Crippen LogP) is -2.34. The first-order valence-corrected chi connectivity index (χ1v) is 15.9. The van der Waals surface area contributed by atoms with Crippen molar-refractivity contribution in [2.24, 2.45) is 0 Å². The zero-order chi connectivity index (χ0) is 31.8. The van der Waals surface area contributed by atoms with E-state index < -0.39 is 83.5 Å². The molecule has 10 atom stereocenters. The lowest BCUT2D eigenvalue weighted by Crippen LogP contribution is -2.36. The van der Waals surface area contributed by atoms with Gasteiger partial charge < -0.3 is 40.9 Å². The van der Waals surface area contributed by atoms with E-state index in [9.17, 15) is 33.9 Å². The van der Waals surface area contributed by atoms with E-state index in [1.54, 1.807) is 0 Å². The van der Waals surface area contributed by atoms with E-state index >= 15 is 0 Å². The molecule has 9 N–H and O–H groups in total. The molecular weight excluding hydrogens is 650 g/mol. The first-order chi connectivity index (χ1) is 21.3. The number of nitrogens with two attached hydrogens (primary N) is 2. The van der Waals surface area contributed by atoms with Crippen molar-refractivity contribution in [3.8, 4) is 0 Å². The molecule has 0 spiro atoms. The fourth-order valence-electron chi connectivity index (χ4n) is 5.30. The highest BCUT2D eigenvalue weighted by Crippen LogP contribution is 2.53. The molecule has 4 aromatic rings. The summed E-state index contributed by atoms with van der Waals surface area (Å²) in [6.07, 6.45) is -9.21. The van der Waals surface area contributed by atoms with Crippen LogP contribution in [0.1, 0.15) is 12.5 Å². The van der Waals surface area contributed by atoms with Gasteiger partial charge in [0.05, 0.1) is 25.9 Å². The highest BCUT2D eigenvalue weighted by atomic mass is 31.2. The molecule has 5 unspecified atom stereocenters. The Kier molecular flexibility index (Phi) is 7.27. The highest BCUT2D eigenvalue weighted by Gasteiger charge is 2.54. The summed E-state index contributed by atoms with van der Waals surface area (Å²) in [4.78, 5) is 55.8. The summed E-state index contributed by atoms with van der Waals surface area (Å²) in [7, 11) is -10.2. The van der Waals surface area contributed by atoms with Gasteiger partial charge in [-0.05, 0) is 0 Å². The van der Waals surface area contributed by atoms with Crippen LogP contribution in [0.4, 0.5) is 11.8 Å². The van der Waals surface area contributed by atoms with Gasteiger partial charge in [0, 0.05) is 0 Å². The Morgan fingerprint density at radius 3 is 2.18 bits per heavy atom. The van der Waals surface area contributed by atoms with E-state index in [4.69, 9.17) is 39.0 Å². The number of hydrogen-bond acceptors (Lipinski definition) is 18. The minimum absolute atomic E-state index is 0.0343. The second-order valence-corrected chi connectivity index (χ2v) is 13.0. The summed E-state index contributed by atoms with van der Waals surface area (Å²) in [5.41, 5.74) is 10.8. The van der Waals surface area contributed by atoms with Gasteiger partial charge in [-0.25, -0.2) is 29.1 Å². The summed E-state index contributed by atoms with van der Waals surface area (Å²) in [5.74, 6) is -0.250. The molecular formula is C20H24N10O13P2. The number of phosphoric ester groups is 2. The lowest BCUT2D eigenvalue weighted by Gasteiger charge is -2.25. The van der Waals surface area contributed by atoms with Crippen LogP contribution in [0.2, 0.25) is 0 Å². The Bertz CT molecular complexity index is 1940. The summed E-state index contributed by atoms with van der Waals surface area (Å²) in [6, 6.07) is 0. The minimum atomic E-state index is -5.11. The Morgan fingerprint density at radius 2 is 1.44 bits per heavy atom. The molecule has 0 aliphatic carbocycles. The van der Waals surface area contributed by atoms with Gasteiger partial charge in [-0.2, -0.15) is 4.98 Å². The molecule has 23 nitrogen and oxygen atoms in total. The van der Waals surface area contributed by atoms with Crippen LogP contribution in [-0.2, 0) is 36.7 Å². The van der Waals surface area contributed by atoms with Crippen molar-refractivity contribution in [2.45, 2.75) is 49.1 Å². The number of H-pyrrole nitrogens is 1. The third-order valence-electron chi connectivity index (χ3n) is 7.32. The van der Waals surface area contributed by atoms with Crippen LogP contribution in [0, 0.1) is 0 Å². The molecule has 45 heavy (non-hydrogen) atoms. The fraction of sp³-hybridized carbons (Fsp3) is 0.500. The van der Waals surface area contributed by atoms with Crippen LogP contribution in [0.3, 0.4) is 0 Å². The van der Waals surface area contributed by atoms with E-state index in [1.165, 1.54) is 10.9 Å². The quantitative estimate of drug-likeness (QED) is 0.109. The van der Waals surface area contributed by atoms with Crippen LogP contribution < -0.4 is 17.0 Å². The molecule has 3 aliphatic heterocycles. The number of ether oxygens (including phenoxy) is 2. The number of nitrogens with one attached hydrogen (secondary N) is 1. The maximum Gasteiger partial charge on any atom is 0.472 e. The molecule has 0 aromatic carbocycles. The number of aliphatic hydroxyl groups excluding tert-OH is 2. The SMILES string of the molecule is Nc1nc2c(ncn2C2O[C@@H]3COP(=O)(O)O[C@@H]4[C@@H](COP(=O)(O)O[C@@H]2C3O)OC(n2cnc3c(N)ncnc32)[C@@H]4O)c(=O)[nH]1. The van der Waals surface area contributed by atoms with E-state index in [1.807, 2.05) is 0 Å². The number of aromatic nitrogens is 8. The number of aliphatic hydroxyl groups is 2. The van der Waals surface area contributed by atoms with Crippen molar-refractivity contribution in [3.63, 3.8) is 0 Å². The maximum atomic E-state index is 13.2. The van der Waals surface area contributed by atoms with Gasteiger partial charge in [-0.15, -0.1) is 0 Å². The Balaban J connectivity index is 1.21. The van der Waals surface area contributed by atoms with Crippen LogP contribution in [-0.4, -0.2) is 109 Å². The number of hydrogen-bond donors (Lipinski definition) is 7. The van der Waals surface area contributed by atoms with Crippen LogP contribution >= 0.6 is 15.6 Å².